The summed E-state index contributed by atoms with van der Waals surface area (Å²) in [6.45, 7) is -0.428. The minimum absolute atomic E-state index is 0.249. The number of halogens is 1. The molecule has 106 valence electrons. The molecule has 0 bridgehead atoms. The number of carbonyl (C=O) groups excluding carboxylic acids is 1. The Balaban J connectivity index is 2.54. The average Bonchev–Trinajstić information content (AvgIpc) is 2.35. The summed E-state index contributed by atoms with van der Waals surface area (Å²) in [5.74, 6) is -0.582. The zero-order valence-electron chi connectivity index (χ0n) is 10.5. The Hall–Kier alpha value is -1.07. The van der Waals surface area contributed by atoms with Crippen LogP contribution in [0.15, 0.2) is 30.3 Å². The molecule has 0 amide bonds. The van der Waals surface area contributed by atoms with E-state index in [4.69, 9.17) is 20.6 Å². The molecule has 0 aliphatic carbocycles. The molecule has 0 aliphatic heterocycles. The molecule has 0 saturated carbocycles. The predicted octanol–water partition coefficient (Wildman–Crippen LogP) is 2.89. The first-order valence-corrected chi connectivity index (χ1v) is 8.04. The third-order valence-corrected chi connectivity index (χ3v) is 3.16. The summed E-state index contributed by atoms with van der Waals surface area (Å²) in [6, 6.07) is 7.38. The lowest BCUT2D eigenvalue weighted by atomic mass is 10.3. The van der Waals surface area contributed by atoms with E-state index in [1.165, 1.54) is 6.92 Å². The van der Waals surface area contributed by atoms with Crippen LogP contribution in [0.3, 0.4) is 0 Å². The van der Waals surface area contributed by atoms with Crippen LogP contribution in [0.5, 0.6) is 5.75 Å². The second kappa shape index (κ2) is 7.50. The minimum Gasteiger partial charge on any atom is -0.405 e. The van der Waals surface area contributed by atoms with Gasteiger partial charge in [0.15, 0.2) is 0 Å². The highest BCUT2D eigenvalue weighted by Crippen LogP contribution is 2.53. The molecule has 1 rings (SSSR count). The largest absolute Gasteiger partial charge is 0.532 e. The van der Waals surface area contributed by atoms with Crippen molar-refractivity contribution >= 4 is 24.2 Å². The summed E-state index contributed by atoms with van der Waals surface area (Å²) < 4.78 is 21.4. The third kappa shape index (κ3) is 6.07. The lowest BCUT2D eigenvalue weighted by Gasteiger charge is -2.16. The first-order chi connectivity index (χ1) is 8.94. The summed E-state index contributed by atoms with van der Waals surface area (Å²) in [6.07, 6.45) is 0. The zero-order valence-corrected chi connectivity index (χ0v) is 12.2. The highest BCUT2D eigenvalue weighted by molar-refractivity contribution is 7.82. The summed E-state index contributed by atoms with van der Waals surface area (Å²) in [7, 11) is 0. The average molecular weight is 308 g/mol. The maximum Gasteiger partial charge on any atom is 0.532 e. The van der Waals surface area contributed by atoms with Crippen molar-refractivity contribution in [2.24, 2.45) is 0 Å². The smallest absolute Gasteiger partial charge is 0.405 e. The van der Waals surface area contributed by atoms with Gasteiger partial charge in [-0.25, -0.2) is 9.36 Å². The van der Waals surface area contributed by atoms with Crippen molar-refractivity contribution in [1.82, 2.24) is 5.48 Å². The second-order valence-electron chi connectivity index (χ2n) is 3.52. The number of hydrogen-bond donors (Lipinski definition) is 1. The van der Waals surface area contributed by atoms with Crippen LogP contribution in [0.2, 0.25) is 0 Å². The number of nitrogens with one attached hydrogen (secondary N) is 1. The highest BCUT2D eigenvalue weighted by atomic mass is 35.7. The van der Waals surface area contributed by atoms with Crippen LogP contribution < -0.4 is 10.0 Å². The minimum atomic E-state index is -4.03. The molecule has 0 aliphatic rings. The number of hydrogen-bond acceptors (Lipinski definition) is 6. The van der Waals surface area contributed by atoms with Gasteiger partial charge in [-0.05, 0) is 26.0 Å². The van der Waals surface area contributed by atoms with Gasteiger partial charge in [-0.15, -0.1) is 0 Å². The Morgan fingerprint density at radius 2 is 2.05 bits per heavy atom. The standard InChI is InChI=1S/C11H15ClNO5P/c1-3-16-13-9(2)11(14)18-19(12,15)17-10-7-5-4-6-8-10/h4-9,13H,3H2,1-2H3. The van der Waals surface area contributed by atoms with Crippen molar-refractivity contribution in [2.45, 2.75) is 19.9 Å². The molecular weight excluding hydrogens is 293 g/mol. The fraction of sp³-hybridized carbons (Fsp3) is 0.364. The maximum atomic E-state index is 11.8. The fourth-order valence-corrected chi connectivity index (χ4v) is 2.30. The fourth-order valence-electron chi connectivity index (χ4n) is 1.07. The molecule has 6 nitrogen and oxygen atoms in total. The van der Waals surface area contributed by atoms with Gasteiger partial charge in [0, 0.05) is 11.2 Å². The van der Waals surface area contributed by atoms with Crippen molar-refractivity contribution < 1.29 is 23.2 Å². The van der Waals surface area contributed by atoms with Gasteiger partial charge in [0.2, 0.25) is 0 Å². The highest BCUT2D eigenvalue weighted by Gasteiger charge is 2.30. The molecule has 0 spiro atoms. The molecule has 1 N–H and O–H groups in total. The Morgan fingerprint density at radius 3 is 2.63 bits per heavy atom. The van der Waals surface area contributed by atoms with E-state index in [9.17, 15) is 9.36 Å². The van der Waals surface area contributed by atoms with Crippen LogP contribution in [0.25, 0.3) is 0 Å². The Morgan fingerprint density at radius 1 is 1.42 bits per heavy atom. The topological polar surface area (TPSA) is 73.9 Å². The molecule has 0 fully saturated rings. The van der Waals surface area contributed by atoms with Gasteiger partial charge in [0.05, 0.1) is 6.61 Å². The molecule has 0 radical (unpaired) electrons. The van der Waals surface area contributed by atoms with Crippen LogP contribution >= 0.6 is 18.2 Å². The Labute approximate surface area is 116 Å². The molecular formula is C11H15ClNO5P. The van der Waals surface area contributed by atoms with E-state index in [1.807, 2.05) is 0 Å². The maximum absolute atomic E-state index is 11.8. The van der Waals surface area contributed by atoms with Crippen LogP contribution in [-0.2, 0) is 18.7 Å². The number of benzene rings is 1. The molecule has 2 unspecified atom stereocenters. The summed E-state index contributed by atoms with van der Waals surface area (Å²) in [4.78, 5) is 16.4. The van der Waals surface area contributed by atoms with Crippen molar-refractivity contribution in [1.29, 1.82) is 0 Å². The van der Waals surface area contributed by atoms with Crippen molar-refractivity contribution in [3.8, 4) is 5.75 Å². The normalized spacial score (nSPS) is 15.3. The lowest BCUT2D eigenvalue weighted by Crippen LogP contribution is -2.34. The van der Waals surface area contributed by atoms with Crippen LogP contribution in [-0.4, -0.2) is 18.6 Å². The van der Waals surface area contributed by atoms with Crippen LogP contribution in [0.1, 0.15) is 13.8 Å². The van der Waals surface area contributed by atoms with Crippen molar-refractivity contribution in [3.05, 3.63) is 30.3 Å². The summed E-state index contributed by atoms with van der Waals surface area (Å²) >= 11 is 5.57. The second-order valence-corrected chi connectivity index (χ2v) is 5.99. The van der Waals surface area contributed by atoms with Crippen molar-refractivity contribution in [3.63, 3.8) is 0 Å². The van der Waals surface area contributed by atoms with E-state index in [2.05, 4.69) is 10.0 Å². The van der Waals surface area contributed by atoms with Gasteiger partial charge < -0.3 is 13.9 Å². The monoisotopic (exact) mass is 307 g/mol. The van der Waals surface area contributed by atoms with Gasteiger partial charge in [-0.1, -0.05) is 18.2 Å². The van der Waals surface area contributed by atoms with Crippen LogP contribution in [0.4, 0.5) is 0 Å². The van der Waals surface area contributed by atoms with Crippen molar-refractivity contribution in [2.75, 3.05) is 6.61 Å². The lowest BCUT2D eigenvalue weighted by molar-refractivity contribution is -0.140. The van der Waals surface area contributed by atoms with E-state index < -0.39 is 19.0 Å². The number of hydroxylamine groups is 1. The Bertz CT molecular complexity index is 456. The predicted molar refractivity (Wildman–Crippen MR) is 70.8 cm³/mol. The van der Waals surface area contributed by atoms with Gasteiger partial charge >= 0.3 is 12.9 Å². The van der Waals surface area contributed by atoms with Gasteiger partial charge in [-0.2, -0.15) is 5.48 Å². The van der Waals surface area contributed by atoms with E-state index in [0.29, 0.717) is 6.61 Å². The summed E-state index contributed by atoms with van der Waals surface area (Å²) in [5, 5.41) is 0. The first-order valence-electron chi connectivity index (χ1n) is 5.59. The number of carbonyl (C=O) groups is 1. The van der Waals surface area contributed by atoms with E-state index in [1.54, 1.807) is 37.3 Å². The molecule has 1 aromatic carbocycles. The Kier molecular flexibility index (Phi) is 6.31. The molecule has 2 atom stereocenters. The van der Waals surface area contributed by atoms with E-state index >= 15 is 0 Å². The van der Waals surface area contributed by atoms with Gasteiger partial charge in [0.25, 0.3) is 0 Å². The number of para-hydroxylation sites is 1. The molecule has 0 aromatic heterocycles. The molecule has 0 heterocycles. The van der Waals surface area contributed by atoms with E-state index in [-0.39, 0.29) is 5.75 Å². The quantitative estimate of drug-likeness (QED) is 0.617. The van der Waals surface area contributed by atoms with Crippen LogP contribution in [0, 0.1) is 0 Å². The van der Waals surface area contributed by atoms with Gasteiger partial charge in [-0.3, -0.25) is 0 Å². The zero-order chi connectivity index (χ0) is 14.3. The van der Waals surface area contributed by atoms with E-state index in [0.717, 1.165) is 0 Å². The summed E-state index contributed by atoms with van der Waals surface area (Å²) in [5.41, 5.74) is 2.41. The van der Waals surface area contributed by atoms with Gasteiger partial charge in [0.1, 0.15) is 11.8 Å². The molecule has 1 aromatic rings. The third-order valence-electron chi connectivity index (χ3n) is 1.91. The number of rotatable bonds is 7. The first kappa shape index (κ1) is 16.0. The molecule has 0 saturated heterocycles. The SMILES string of the molecule is CCONC(C)C(=O)OP(=O)(Cl)Oc1ccccc1. The molecule has 19 heavy (non-hydrogen) atoms. The molecule has 8 heteroatoms.